The lowest BCUT2D eigenvalue weighted by molar-refractivity contribution is -0.384. The fourth-order valence-corrected chi connectivity index (χ4v) is 4.91. The third-order valence-electron chi connectivity index (χ3n) is 5.55. The first-order chi connectivity index (χ1) is 19.0. The molecule has 0 radical (unpaired) electrons. The van der Waals surface area contributed by atoms with Crippen LogP contribution < -0.4 is 20.3 Å². The third-order valence-corrected chi connectivity index (χ3v) is 6.79. The van der Waals surface area contributed by atoms with Crippen LogP contribution in [0.5, 0.6) is 5.75 Å². The summed E-state index contributed by atoms with van der Waals surface area (Å²) in [6.45, 7) is 5.68. The number of nitro benzene ring substituents is 1. The molecular weight excluding hydrogens is 546 g/mol. The Bertz CT molecular complexity index is 1320. The van der Waals surface area contributed by atoms with E-state index < -0.39 is 63.7 Å². The maximum absolute atomic E-state index is 13.2. The van der Waals surface area contributed by atoms with Crippen molar-refractivity contribution >= 4 is 40.4 Å². The van der Waals surface area contributed by atoms with E-state index in [1.165, 1.54) is 38.1 Å². The SMILES string of the molecule is C=C(C)C(C(=O)OCc1ccc([N+](=O)[O-])cc1)N1C(=O)C(NC(=O)COc2ccccc2)C1S(=O)NNC(C)=O. The second-order valence-corrected chi connectivity index (χ2v) is 9.93. The number of amides is 3. The zero-order valence-electron chi connectivity index (χ0n) is 21.5. The Hall–Kier alpha value is -4.63. The number of hydrogen-bond donors (Lipinski definition) is 3. The normalized spacial score (nSPS) is 17.6. The van der Waals surface area contributed by atoms with E-state index >= 15 is 0 Å². The molecule has 0 bridgehead atoms. The number of non-ortho nitro benzene ring substituents is 1. The zero-order chi connectivity index (χ0) is 29.4. The molecule has 40 heavy (non-hydrogen) atoms. The average Bonchev–Trinajstić information content (AvgIpc) is 2.93. The van der Waals surface area contributed by atoms with Crippen LogP contribution in [0, 0.1) is 10.1 Å². The standard InChI is InChI=1S/C25H27N5O9S/c1-15(2)22(25(34)39-13-17-9-11-18(12-10-17)30(35)36)29-23(33)21(24(29)40(37)28-27-16(3)31)26-20(32)14-38-19-7-5-4-6-8-19/h4-12,21-22,24,28H,1,13-14H2,2-3H3,(H,26,32)(H,27,31). The predicted octanol–water partition coefficient (Wildman–Crippen LogP) is 0.619. The summed E-state index contributed by atoms with van der Waals surface area (Å²) >= 11 is 0. The van der Waals surface area contributed by atoms with Crippen LogP contribution in [0.4, 0.5) is 5.69 Å². The zero-order valence-corrected chi connectivity index (χ0v) is 22.3. The highest BCUT2D eigenvalue weighted by atomic mass is 32.2. The summed E-state index contributed by atoms with van der Waals surface area (Å²) in [5.74, 6) is -2.48. The minimum atomic E-state index is -2.18. The highest BCUT2D eigenvalue weighted by molar-refractivity contribution is 7.83. The van der Waals surface area contributed by atoms with E-state index in [-0.39, 0.29) is 17.9 Å². The van der Waals surface area contributed by atoms with Gasteiger partial charge in [0, 0.05) is 19.1 Å². The van der Waals surface area contributed by atoms with Crippen molar-refractivity contribution in [3.8, 4) is 5.75 Å². The van der Waals surface area contributed by atoms with Crippen molar-refractivity contribution in [2.75, 3.05) is 6.61 Å². The molecule has 14 nitrogen and oxygen atoms in total. The van der Waals surface area contributed by atoms with Gasteiger partial charge in [-0.25, -0.2) is 9.00 Å². The van der Waals surface area contributed by atoms with Gasteiger partial charge in [-0.2, -0.15) is 0 Å². The van der Waals surface area contributed by atoms with Crippen molar-refractivity contribution in [2.24, 2.45) is 0 Å². The molecule has 15 heteroatoms. The fourth-order valence-electron chi connectivity index (χ4n) is 3.68. The van der Waals surface area contributed by atoms with Gasteiger partial charge < -0.3 is 19.7 Å². The summed E-state index contributed by atoms with van der Waals surface area (Å²) in [7, 11) is -2.18. The van der Waals surface area contributed by atoms with Crippen molar-refractivity contribution in [1.82, 2.24) is 20.5 Å². The molecule has 3 rings (SSSR count). The Labute approximate surface area is 231 Å². The van der Waals surface area contributed by atoms with Gasteiger partial charge in [-0.05, 0) is 42.3 Å². The summed E-state index contributed by atoms with van der Waals surface area (Å²) in [5.41, 5.74) is 2.65. The van der Waals surface area contributed by atoms with Gasteiger partial charge >= 0.3 is 5.97 Å². The lowest BCUT2D eigenvalue weighted by Gasteiger charge is -2.48. The fraction of sp³-hybridized carbons (Fsp3) is 0.280. The molecule has 0 spiro atoms. The first kappa shape index (κ1) is 29.9. The minimum Gasteiger partial charge on any atom is -0.484 e. The lowest BCUT2D eigenvalue weighted by Crippen LogP contribution is -2.76. The smallest absolute Gasteiger partial charge is 0.333 e. The number of rotatable bonds is 13. The Kier molecular flexibility index (Phi) is 10.1. The number of hydrogen-bond acceptors (Lipinski definition) is 9. The molecule has 4 atom stereocenters. The average molecular weight is 574 g/mol. The number of ether oxygens (including phenoxy) is 2. The first-order valence-corrected chi connectivity index (χ1v) is 13.0. The van der Waals surface area contributed by atoms with Gasteiger partial charge in [-0.15, -0.1) is 4.83 Å². The summed E-state index contributed by atoms with van der Waals surface area (Å²) in [6.07, 6.45) is 0. The highest BCUT2D eigenvalue weighted by Crippen LogP contribution is 2.29. The van der Waals surface area contributed by atoms with Gasteiger partial charge in [0.05, 0.1) is 4.92 Å². The number of hydrazine groups is 1. The Morgan fingerprint density at radius 1 is 1.12 bits per heavy atom. The molecule has 4 unspecified atom stereocenters. The summed E-state index contributed by atoms with van der Waals surface area (Å²) in [5, 5.41) is 12.0. The summed E-state index contributed by atoms with van der Waals surface area (Å²) in [6, 6.07) is 11.1. The van der Waals surface area contributed by atoms with Crippen LogP contribution in [-0.4, -0.2) is 61.8 Å². The number of nitro groups is 1. The Morgan fingerprint density at radius 2 is 1.77 bits per heavy atom. The van der Waals surface area contributed by atoms with Gasteiger partial charge in [0.25, 0.3) is 11.6 Å². The molecule has 1 saturated heterocycles. The maximum Gasteiger partial charge on any atom is 0.333 e. The quantitative estimate of drug-likeness (QED) is 0.102. The second-order valence-electron chi connectivity index (χ2n) is 8.64. The largest absolute Gasteiger partial charge is 0.484 e. The number of benzene rings is 2. The van der Waals surface area contributed by atoms with Gasteiger partial charge in [-0.3, -0.25) is 29.9 Å². The number of β-lactam (4-membered cyclic amide) rings is 1. The highest BCUT2D eigenvalue weighted by Gasteiger charge is 2.56. The summed E-state index contributed by atoms with van der Waals surface area (Å²) in [4.78, 5) is 63.5. The molecule has 1 heterocycles. The molecule has 0 aromatic heterocycles. The monoisotopic (exact) mass is 573 g/mol. The lowest BCUT2D eigenvalue weighted by atomic mass is 9.99. The molecule has 2 aromatic rings. The molecule has 1 aliphatic heterocycles. The Balaban J connectivity index is 1.73. The molecule has 212 valence electrons. The molecule has 3 N–H and O–H groups in total. The molecular formula is C25H27N5O9S. The van der Waals surface area contributed by atoms with Gasteiger partial charge in [0.1, 0.15) is 29.4 Å². The van der Waals surface area contributed by atoms with E-state index in [1.54, 1.807) is 30.3 Å². The predicted molar refractivity (Wildman–Crippen MR) is 141 cm³/mol. The number of nitrogens with zero attached hydrogens (tertiary/aromatic N) is 2. The number of esters is 1. The van der Waals surface area contributed by atoms with Crippen molar-refractivity contribution < 1.29 is 37.8 Å². The van der Waals surface area contributed by atoms with Gasteiger partial charge in [-0.1, -0.05) is 24.8 Å². The number of carbonyl (C=O) groups is 4. The van der Waals surface area contributed by atoms with E-state index in [9.17, 15) is 33.5 Å². The Morgan fingerprint density at radius 3 is 2.35 bits per heavy atom. The van der Waals surface area contributed by atoms with Crippen LogP contribution in [0.2, 0.25) is 0 Å². The van der Waals surface area contributed by atoms with Crippen molar-refractivity contribution in [3.05, 3.63) is 82.4 Å². The van der Waals surface area contributed by atoms with Crippen LogP contribution in [-0.2, 0) is 41.5 Å². The maximum atomic E-state index is 13.2. The van der Waals surface area contributed by atoms with Crippen LogP contribution in [0.3, 0.4) is 0 Å². The minimum absolute atomic E-state index is 0.139. The molecule has 3 amide bonds. The first-order valence-electron chi connectivity index (χ1n) is 11.8. The number of para-hydroxylation sites is 1. The molecule has 2 aromatic carbocycles. The van der Waals surface area contributed by atoms with E-state index in [0.717, 1.165) is 4.90 Å². The summed E-state index contributed by atoms with van der Waals surface area (Å²) < 4.78 is 23.8. The van der Waals surface area contributed by atoms with E-state index in [1.807, 2.05) is 0 Å². The number of nitrogens with one attached hydrogen (secondary N) is 3. The van der Waals surface area contributed by atoms with Crippen molar-refractivity contribution in [3.63, 3.8) is 0 Å². The van der Waals surface area contributed by atoms with E-state index in [0.29, 0.717) is 11.3 Å². The van der Waals surface area contributed by atoms with Crippen LogP contribution in [0.25, 0.3) is 0 Å². The van der Waals surface area contributed by atoms with Crippen molar-refractivity contribution in [1.29, 1.82) is 0 Å². The van der Waals surface area contributed by atoms with Gasteiger partial charge in [0.2, 0.25) is 11.8 Å². The van der Waals surface area contributed by atoms with Crippen molar-refractivity contribution in [2.45, 2.75) is 37.9 Å². The molecule has 0 aliphatic carbocycles. The molecule has 1 aliphatic rings. The number of likely N-dealkylation sites (tertiary alicyclic amines) is 1. The number of carbonyl (C=O) groups excluding carboxylic acids is 4. The molecule has 1 fully saturated rings. The van der Waals surface area contributed by atoms with Crippen LogP contribution in [0.1, 0.15) is 19.4 Å². The van der Waals surface area contributed by atoms with Crippen LogP contribution >= 0.6 is 0 Å². The molecule has 0 saturated carbocycles. The second kappa shape index (κ2) is 13.4. The van der Waals surface area contributed by atoms with Gasteiger partial charge in [0.15, 0.2) is 18.0 Å². The topological polar surface area (TPSA) is 186 Å². The van der Waals surface area contributed by atoms with E-state index in [2.05, 4.69) is 22.2 Å². The van der Waals surface area contributed by atoms with E-state index in [4.69, 9.17) is 9.47 Å². The third kappa shape index (κ3) is 7.48. The van der Waals surface area contributed by atoms with Crippen LogP contribution in [0.15, 0.2) is 66.7 Å².